The summed E-state index contributed by atoms with van der Waals surface area (Å²) in [6.07, 6.45) is 1.69. The van der Waals surface area contributed by atoms with Gasteiger partial charge in [-0.1, -0.05) is 34.1 Å². The first-order valence-electron chi connectivity index (χ1n) is 4.61. The number of halogens is 1. The third-order valence-corrected chi connectivity index (χ3v) is 2.68. The van der Waals surface area contributed by atoms with Gasteiger partial charge in [-0.15, -0.1) is 0 Å². The van der Waals surface area contributed by atoms with E-state index in [9.17, 15) is 0 Å². The lowest BCUT2D eigenvalue weighted by molar-refractivity contribution is 0.281. The van der Waals surface area contributed by atoms with Crippen LogP contribution in [0.3, 0.4) is 0 Å². The van der Waals surface area contributed by atoms with Crippen molar-refractivity contribution in [2.75, 3.05) is 0 Å². The number of nitrogens with zero attached hydrogens (tertiary/aromatic N) is 1. The Kier molecular flexibility index (Phi) is 3.14. The molecule has 0 radical (unpaired) electrons. The lowest BCUT2D eigenvalue weighted by atomic mass is 10.1. The van der Waals surface area contributed by atoms with Crippen LogP contribution in [0.25, 0.3) is 11.3 Å². The predicted octanol–water partition coefficient (Wildman–Crippen LogP) is 3.00. The van der Waals surface area contributed by atoms with Crippen LogP contribution in [0, 0.1) is 0 Å². The van der Waals surface area contributed by atoms with E-state index in [1.807, 2.05) is 36.4 Å². The Labute approximate surface area is 96.7 Å². The molecule has 0 aliphatic rings. The number of hydrogen-bond donors (Lipinski definition) is 1. The Hall–Kier alpha value is -1.19. The van der Waals surface area contributed by atoms with Gasteiger partial charge in [-0.3, -0.25) is 4.98 Å². The zero-order valence-electron chi connectivity index (χ0n) is 8.02. The summed E-state index contributed by atoms with van der Waals surface area (Å²) in [7, 11) is 0. The maximum atomic E-state index is 8.89. The molecular formula is C12H10BrNO. The SMILES string of the molecule is OCc1ccc(-c2ccc(Br)cc2)nc1. The summed E-state index contributed by atoms with van der Waals surface area (Å²) in [5.74, 6) is 0. The maximum absolute atomic E-state index is 8.89. The first-order chi connectivity index (χ1) is 7.29. The number of aliphatic hydroxyl groups excluding tert-OH is 1. The number of pyridine rings is 1. The molecule has 2 rings (SSSR count). The van der Waals surface area contributed by atoms with Gasteiger partial charge in [-0.05, 0) is 23.8 Å². The van der Waals surface area contributed by atoms with Crippen LogP contribution < -0.4 is 0 Å². The molecule has 76 valence electrons. The minimum atomic E-state index is 0.0353. The summed E-state index contributed by atoms with van der Waals surface area (Å²) in [6, 6.07) is 11.8. The predicted molar refractivity (Wildman–Crippen MR) is 63.3 cm³/mol. The van der Waals surface area contributed by atoms with E-state index in [0.29, 0.717) is 0 Å². The van der Waals surface area contributed by atoms with Crippen molar-refractivity contribution in [1.29, 1.82) is 0 Å². The molecule has 0 aliphatic carbocycles. The second kappa shape index (κ2) is 4.55. The molecule has 1 aromatic carbocycles. The lowest BCUT2D eigenvalue weighted by Gasteiger charge is -2.01. The van der Waals surface area contributed by atoms with Crippen LogP contribution >= 0.6 is 15.9 Å². The number of aromatic nitrogens is 1. The molecule has 15 heavy (non-hydrogen) atoms. The second-order valence-electron chi connectivity index (χ2n) is 3.22. The van der Waals surface area contributed by atoms with Crippen molar-refractivity contribution in [1.82, 2.24) is 4.98 Å². The molecule has 1 heterocycles. The third-order valence-electron chi connectivity index (χ3n) is 2.15. The van der Waals surface area contributed by atoms with Crippen molar-refractivity contribution in [2.45, 2.75) is 6.61 Å². The van der Waals surface area contributed by atoms with Crippen molar-refractivity contribution in [3.8, 4) is 11.3 Å². The number of benzene rings is 1. The Morgan fingerprint density at radius 3 is 2.33 bits per heavy atom. The third kappa shape index (κ3) is 2.43. The number of aliphatic hydroxyl groups is 1. The van der Waals surface area contributed by atoms with E-state index in [2.05, 4.69) is 20.9 Å². The van der Waals surface area contributed by atoms with E-state index in [4.69, 9.17) is 5.11 Å². The smallest absolute Gasteiger partial charge is 0.0702 e. The molecule has 0 fully saturated rings. The molecule has 2 aromatic rings. The van der Waals surface area contributed by atoms with E-state index >= 15 is 0 Å². The molecule has 0 bridgehead atoms. The Morgan fingerprint density at radius 2 is 1.80 bits per heavy atom. The summed E-state index contributed by atoms with van der Waals surface area (Å²) >= 11 is 3.39. The fourth-order valence-corrected chi connectivity index (χ4v) is 1.57. The van der Waals surface area contributed by atoms with E-state index in [1.54, 1.807) is 6.20 Å². The normalized spacial score (nSPS) is 10.3. The van der Waals surface area contributed by atoms with Crippen LogP contribution in [0.4, 0.5) is 0 Å². The van der Waals surface area contributed by atoms with Gasteiger partial charge in [0.05, 0.1) is 12.3 Å². The van der Waals surface area contributed by atoms with Gasteiger partial charge in [0.1, 0.15) is 0 Å². The standard InChI is InChI=1S/C12H10BrNO/c13-11-4-2-10(3-5-11)12-6-1-9(8-15)7-14-12/h1-7,15H,8H2. The first kappa shape index (κ1) is 10.3. The highest BCUT2D eigenvalue weighted by molar-refractivity contribution is 9.10. The fraction of sp³-hybridized carbons (Fsp3) is 0.0833. The molecule has 1 N–H and O–H groups in total. The average molecular weight is 264 g/mol. The monoisotopic (exact) mass is 263 g/mol. The van der Waals surface area contributed by atoms with Crippen molar-refractivity contribution < 1.29 is 5.11 Å². The van der Waals surface area contributed by atoms with E-state index in [0.717, 1.165) is 21.3 Å². The Balaban J connectivity index is 2.33. The van der Waals surface area contributed by atoms with Crippen molar-refractivity contribution in [3.05, 3.63) is 52.6 Å². The second-order valence-corrected chi connectivity index (χ2v) is 4.13. The van der Waals surface area contributed by atoms with Gasteiger partial charge in [0.25, 0.3) is 0 Å². The summed E-state index contributed by atoms with van der Waals surface area (Å²) in [5.41, 5.74) is 2.82. The van der Waals surface area contributed by atoms with Gasteiger partial charge in [0.2, 0.25) is 0 Å². The molecule has 0 saturated carbocycles. The van der Waals surface area contributed by atoms with Gasteiger partial charge in [0, 0.05) is 16.2 Å². The highest BCUT2D eigenvalue weighted by atomic mass is 79.9. The van der Waals surface area contributed by atoms with Crippen molar-refractivity contribution >= 4 is 15.9 Å². The average Bonchev–Trinajstić information content (AvgIpc) is 2.30. The molecule has 0 aliphatic heterocycles. The Morgan fingerprint density at radius 1 is 1.07 bits per heavy atom. The minimum absolute atomic E-state index is 0.0353. The van der Waals surface area contributed by atoms with Crippen LogP contribution in [-0.4, -0.2) is 10.1 Å². The maximum Gasteiger partial charge on any atom is 0.0702 e. The summed E-state index contributed by atoms with van der Waals surface area (Å²) < 4.78 is 1.05. The largest absolute Gasteiger partial charge is 0.392 e. The van der Waals surface area contributed by atoms with Gasteiger partial charge >= 0.3 is 0 Å². The molecule has 0 saturated heterocycles. The molecule has 0 unspecified atom stereocenters. The summed E-state index contributed by atoms with van der Waals surface area (Å²) in [4.78, 5) is 4.27. The van der Waals surface area contributed by atoms with Gasteiger partial charge in [-0.2, -0.15) is 0 Å². The van der Waals surface area contributed by atoms with E-state index in [1.165, 1.54) is 0 Å². The topological polar surface area (TPSA) is 33.1 Å². The molecular weight excluding hydrogens is 254 g/mol. The van der Waals surface area contributed by atoms with E-state index < -0.39 is 0 Å². The first-order valence-corrected chi connectivity index (χ1v) is 5.40. The highest BCUT2D eigenvalue weighted by Crippen LogP contribution is 2.19. The highest BCUT2D eigenvalue weighted by Gasteiger charge is 1.98. The zero-order chi connectivity index (χ0) is 10.7. The molecule has 2 nitrogen and oxygen atoms in total. The van der Waals surface area contributed by atoms with Gasteiger partial charge < -0.3 is 5.11 Å². The zero-order valence-corrected chi connectivity index (χ0v) is 9.61. The van der Waals surface area contributed by atoms with Crippen molar-refractivity contribution in [3.63, 3.8) is 0 Å². The van der Waals surface area contributed by atoms with Crippen LogP contribution in [0.5, 0.6) is 0 Å². The molecule has 0 atom stereocenters. The lowest BCUT2D eigenvalue weighted by Crippen LogP contribution is -1.87. The van der Waals surface area contributed by atoms with Gasteiger partial charge in [0.15, 0.2) is 0 Å². The molecule has 1 aromatic heterocycles. The van der Waals surface area contributed by atoms with Crippen LogP contribution in [0.2, 0.25) is 0 Å². The number of rotatable bonds is 2. The van der Waals surface area contributed by atoms with Crippen LogP contribution in [0.1, 0.15) is 5.56 Å². The number of hydrogen-bond acceptors (Lipinski definition) is 2. The van der Waals surface area contributed by atoms with Crippen LogP contribution in [0.15, 0.2) is 47.1 Å². The summed E-state index contributed by atoms with van der Waals surface area (Å²) in [6.45, 7) is 0.0353. The molecule has 3 heteroatoms. The molecule has 0 spiro atoms. The minimum Gasteiger partial charge on any atom is -0.392 e. The molecule has 0 amide bonds. The fourth-order valence-electron chi connectivity index (χ4n) is 1.31. The quantitative estimate of drug-likeness (QED) is 0.904. The van der Waals surface area contributed by atoms with Crippen LogP contribution in [-0.2, 0) is 6.61 Å². The van der Waals surface area contributed by atoms with E-state index in [-0.39, 0.29) is 6.61 Å². The Bertz CT molecular complexity index is 436. The van der Waals surface area contributed by atoms with Gasteiger partial charge in [-0.25, -0.2) is 0 Å². The summed E-state index contributed by atoms with van der Waals surface area (Å²) in [5, 5.41) is 8.89. The van der Waals surface area contributed by atoms with Crippen molar-refractivity contribution in [2.24, 2.45) is 0 Å².